The summed E-state index contributed by atoms with van der Waals surface area (Å²) in [5, 5.41) is 0. The summed E-state index contributed by atoms with van der Waals surface area (Å²) < 4.78 is 56.0. The number of sulfone groups is 1. The number of halogens is 4. The van der Waals surface area contributed by atoms with Crippen LogP contribution in [-0.2, 0) is 9.84 Å². The Labute approximate surface area is 184 Å². The molecule has 0 bridgehead atoms. The summed E-state index contributed by atoms with van der Waals surface area (Å²) in [4.78, 5) is -0.378. The summed E-state index contributed by atoms with van der Waals surface area (Å²) in [6.45, 7) is 0. The molecule has 0 amide bonds. The molecule has 1 saturated carbocycles. The maximum Gasteiger partial charge on any atom is 0.341 e. The zero-order valence-electron chi connectivity index (χ0n) is 15.3. The van der Waals surface area contributed by atoms with Crippen molar-refractivity contribution >= 4 is 52.8 Å². The third kappa shape index (κ3) is 3.70. The number of hydrogen-bond donors (Lipinski definition) is 0. The van der Waals surface area contributed by atoms with E-state index in [-0.39, 0.29) is 10.3 Å². The fraction of sp³-hybridized carbons (Fsp3) is 0.238. The second kappa shape index (κ2) is 7.32. The Morgan fingerprint density at radius 1 is 0.966 bits per heavy atom. The highest BCUT2D eigenvalue weighted by atomic mass is 79.9. The fourth-order valence-electron chi connectivity index (χ4n) is 3.52. The normalized spacial score (nSPS) is 17.4. The average Bonchev–Trinajstić information content (AvgIpc) is 3.31. The zero-order valence-corrected chi connectivity index (χ0v) is 19.2. The van der Waals surface area contributed by atoms with E-state index in [2.05, 4.69) is 44.0 Å². The Morgan fingerprint density at radius 3 is 1.93 bits per heavy atom. The summed E-state index contributed by atoms with van der Waals surface area (Å²) in [6.07, 6.45) is 6.52. The van der Waals surface area contributed by atoms with E-state index in [1.807, 2.05) is 12.1 Å². The molecule has 1 spiro atoms. The lowest BCUT2D eigenvalue weighted by Crippen LogP contribution is -2.11. The third-order valence-electron chi connectivity index (χ3n) is 5.22. The molecule has 0 atom stereocenters. The number of benzene rings is 2. The number of hydrogen-bond acceptors (Lipinski definition) is 3. The molecule has 4 rings (SSSR count). The maximum atomic E-state index is 12.8. The van der Waals surface area contributed by atoms with Crippen molar-refractivity contribution in [3.63, 3.8) is 0 Å². The topological polar surface area (TPSA) is 43.4 Å². The van der Waals surface area contributed by atoms with Gasteiger partial charge in [-0.3, -0.25) is 0 Å². The Kier molecular flexibility index (Phi) is 5.24. The molecule has 0 aliphatic heterocycles. The van der Waals surface area contributed by atoms with Gasteiger partial charge in [0.2, 0.25) is 9.84 Å². The Bertz CT molecular complexity index is 1130. The first-order valence-electron chi connectivity index (χ1n) is 8.79. The highest BCUT2D eigenvalue weighted by Gasteiger charge is 2.43. The Balaban J connectivity index is 1.75. The average molecular weight is 546 g/mol. The maximum absolute atomic E-state index is 12.8. The van der Waals surface area contributed by atoms with Gasteiger partial charge in [0.1, 0.15) is 5.75 Å². The SMILES string of the molecule is COc1c(Br)cc(C2=CC3(C=C2c2ccc(S(=O)(=O)C(F)F)cc2)CC3)cc1Br. The summed E-state index contributed by atoms with van der Waals surface area (Å²) in [6, 6.07) is 9.61. The molecule has 2 aliphatic rings. The molecule has 2 aromatic carbocycles. The lowest BCUT2D eigenvalue weighted by atomic mass is 9.95. The molecule has 2 aliphatic carbocycles. The van der Waals surface area contributed by atoms with Gasteiger partial charge in [-0.25, -0.2) is 8.42 Å². The minimum absolute atomic E-state index is 0.0251. The first kappa shape index (κ1) is 20.8. The second-order valence-electron chi connectivity index (χ2n) is 7.15. The number of rotatable bonds is 5. The largest absolute Gasteiger partial charge is 0.494 e. The predicted octanol–water partition coefficient (Wildman–Crippen LogP) is 6.48. The van der Waals surface area contributed by atoms with Crippen molar-refractivity contribution in [1.29, 1.82) is 0 Å². The van der Waals surface area contributed by atoms with Crippen LogP contribution in [0.25, 0.3) is 11.1 Å². The van der Waals surface area contributed by atoms with Gasteiger partial charge >= 0.3 is 5.76 Å². The lowest BCUT2D eigenvalue weighted by molar-refractivity contribution is 0.234. The summed E-state index contributed by atoms with van der Waals surface area (Å²) in [7, 11) is -3.01. The standard InChI is InChI=1S/C21H16Br2F2O3S/c1-28-19-17(22)8-13(9-18(19)23)16-11-21(6-7-21)10-15(16)12-2-4-14(5-3-12)29(26,27)20(24)25/h2-5,8-11,20H,6-7H2,1H3. The molecule has 1 fully saturated rings. The molecular weight excluding hydrogens is 530 g/mol. The molecule has 0 radical (unpaired) electrons. The van der Waals surface area contributed by atoms with Crippen LogP contribution in [-0.4, -0.2) is 21.3 Å². The van der Waals surface area contributed by atoms with Crippen LogP contribution in [0, 0.1) is 5.41 Å². The Hall–Kier alpha value is -1.51. The van der Waals surface area contributed by atoms with Crippen LogP contribution in [0.5, 0.6) is 5.75 Å². The van der Waals surface area contributed by atoms with Crippen molar-refractivity contribution in [3.8, 4) is 5.75 Å². The van der Waals surface area contributed by atoms with Gasteiger partial charge in [0.15, 0.2) is 0 Å². The van der Waals surface area contributed by atoms with Crippen molar-refractivity contribution in [2.75, 3.05) is 7.11 Å². The van der Waals surface area contributed by atoms with Gasteiger partial charge in [-0.1, -0.05) is 24.3 Å². The van der Waals surface area contributed by atoms with Gasteiger partial charge in [-0.2, -0.15) is 8.78 Å². The van der Waals surface area contributed by atoms with E-state index in [4.69, 9.17) is 4.74 Å². The van der Waals surface area contributed by atoms with Gasteiger partial charge < -0.3 is 4.74 Å². The molecule has 29 heavy (non-hydrogen) atoms. The number of methoxy groups -OCH3 is 1. The molecular formula is C21H16Br2F2O3S. The number of allylic oxidation sites excluding steroid dienone is 4. The highest BCUT2D eigenvalue weighted by Crippen LogP contribution is 2.58. The zero-order chi connectivity index (χ0) is 21.0. The van der Waals surface area contributed by atoms with E-state index in [0.717, 1.165) is 44.1 Å². The quantitative estimate of drug-likeness (QED) is 0.432. The lowest BCUT2D eigenvalue weighted by Gasteiger charge is -2.14. The van der Waals surface area contributed by atoms with Crippen LogP contribution in [0.15, 0.2) is 62.4 Å². The fourth-order valence-corrected chi connectivity index (χ4v) is 5.75. The first-order chi connectivity index (χ1) is 13.7. The van der Waals surface area contributed by atoms with Gasteiger partial charge in [0.25, 0.3) is 0 Å². The van der Waals surface area contributed by atoms with E-state index in [0.29, 0.717) is 5.75 Å². The van der Waals surface area contributed by atoms with E-state index >= 15 is 0 Å². The Morgan fingerprint density at radius 2 is 1.48 bits per heavy atom. The van der Waals surface area contributed by atoms with Gasteiger partial charge in [0.05, 0.1) is 21.0 Å². The van der Waals surface area contributed by atoms with Crippen LogP contribution < -0.4 is 4.74 Å². The molecule has 2 aromatic rings. The number of alkyl halides is 2. The second-order valence-corrected chi connectivity index (χ2v) is 10.8. The number of ether oxygens (including phenoxy) is 1. The smallest absolute Gasteiger partial charge is 0.341 e. The van der Waals surface area contributed by atoms with Crippen LogP contribution >= 0.6 is 31.9 Å². The highest BCUT2D eigenvalue weighted by molar-refractivity contribution is 9.11. The van der Waals surface area contributed by atoms with E-state index in [1.54, 1.807) is 19.2 Å². The third-order valence-corrected chi connectivity index (χ3v) is 7.80. The van der Waals surface area contributed by atoms with Crippen molar-refractivity contribution in [3.05, 3.63) is 68.6 Å². The minimum Gasteiger partial charge on any atom is -0.494 e. The van der Waals surface area contributed by atoms with Crippen LogP contribution in [0.2, 0.25) is 0 Å². The van der Waals surface area contributed by atoms with Crippen molar-refractivity contribution in [2.24, 2.45) is 5.41 Å². The van der Waals surface area contributed by atoms with Crippen LogP contribution in [0.1, 0.15) is 24.0 Å². The molecule has 0 heterocycles. The predicted molar refractivity (Wildman–Crippen MR) is 116 cm³/mol. The summed E-state index contributed by atoms with van der Waals surface area (Å²) >= 11 is 7.06. The minimum atomic E-state index is -4.61. The van der Waals surface area contributed by atoms with Crippen molar-refractivity contribution in [2.45, 2.75) is 23.5 Å². The molecule has 0 unspecified atom stereocenters. The summed E-state index contributed by atoms with van der Waals surface area (Å²) in [5.74, 6) is -2.74. The van der Waals surface area contributed by atoms with Crippen LogP contribution in [0.4, 0.5) is 8.78 Å². The summed E-state index contributed by atoms with van der Waals surface area (Å²) in [5.41, 5.74) is 3.78. The molecule has 0 aromatic heterocycles. The molecule has 0 N–H and O–H groups in total. The first-order valence-corrected chi connectivity index (χ1v) is 11.9. The van der Waals surface area contributed by atoms with Gasteiger partial charge in [-0.05, 0) is 91.2 Å². The van der Waals surface area contributed by atoms with Gasteiger partial charge in [-0.15, -0.1) is 0 Å². The van der Waals surface area contributed by atoms with E-state index < -0.39 is 15.6 Å². The van der Waals surface area contributed by atoms with Crippen molar-refractivity contribution in [1.82, 2.24) is 0 Å². The van der Waals surface area contributed by atoms with E-state index in [1.165, 1.54) is 12.1 Å². The molecule has 8 heteroatoms. The molecule has 0 saturated heterocycles. The van der Waals surface area contributed by atoms with E-state index in [9.17, 15) is 17.2 Å². The van der Waals surface area contributed by atoms with Gasteiger partial charge in [0, 0.05) is 5.41 Å². The van der Waals surface area contributed by atoms with Crippen molar-refractivity contribution < 1.29 is 21.9 Å². The molecule has 152 valence electrons. The monoisotopic (exact) mass is 544 g/mol. The molecule has 3 nitrogen and oxygen atoms in total. The van der Waals surface area contributed by atoms with Crippen LogP contribution in [0.3, 0.4) is 0 Å².